The van der Waals surface area contributed by atoms with Gasteiger partial charge in [-0.15, -0.1) is 0 Å². The van der Waals surface area contributed by atoms with Gasteiger partial charge < -0.3 is 15.9 Å². The van der Waals surface area contributed by atoms with Gasteiger partial charge in [0, 0.05) is 35.3 Å². The molecular formula is C18H16N6O. The Morgan fingerprint density at radius 3 is 2.76 bits per heavy atom. The third-order valence-corrected chi connectivity index (χ3v) is 4.42. The minimum atomic E-state index is 0.0477. The molecule has 0 unspecified atom stereocenters. The highest BCUT2D eigenvalue weighted by Gasteiger charge is 2.25. The van der Waals surface area contributed by atoms with Gasteiger partial charge in [-0.05, 0) is 37.0 Å². The predicted molar refractivity (Wildman–Crippen MR) is 92.1 cm³/mol. The van der Waals surface area contributed by atoms with Gasteiger partial charge in [-0.1, -0.05) is 0 Å². The number of fused-ring (bicyclic) bond motifs is 1. The molecule has 0 aliphatic heterocycles. The van der Waals surface area contributed by atoms with Gasteiger partial charge in [0.2, 0.25) is 0 Å². The average molecular weight is 332 g/mol. The molecule has 4 N–H and O–H groups in total. The molecule has 25 heavy (non-hydrogen) atoms. The molecule has 1 atom stereocenters. The molecule has 0 spiro atoms. The first kappa shape index (κ1) is 15.3. The van der Waals surface area contributed by atoms with Crippen LogP contribution in [0.4, 0.5) is 5.82 Å². The lowest BCUT2D eigenvalue weighted by Gasteiger charge is -2.24. The summed E-state index contributed by atoms with van der Waals surface area (Å²) in [6.45, 7) is 0. The zero-order valence-corrected chi connectivity index (χ0v) is 13.4. The van der Waals surface area contributed by atoms with E-state index in [0.29, 0.717) is 23.6 Å². The normalized spacial score (nSPS) is 16.2. The molecule has 3 aromatic rings. The van der Waals surface area contributed by atoms with Crippen molar-refractivity contribution in [1.82, 2.24) is 15.0 Å². The molecule has 124 valence electrons. The fraction of sp³-hybridized carbons (Fsp3) is 0.222. The third-order valence-electron chi connectivity index (χ3n) is 4.42. The second-order valence-electron chi connectivity index (χ2n) is 6.06. The van der Waals surface area contributed by atoms with Gasteiger partial charge in [-0.3, -0.25) is 0 Å². The van der Waals surface area contributed by atoms with E-state index >= 15 is 0 Å². The van der Waals surface area contributed by atoms with Crippen LogP contribution in [0.2, 0.25) is 0 Å². The van der Waals surface area contributed by atoms with Crippen LogP contribution in [0.1, 0.15) is 23.2 Å². The number of hydrogen-bond donors (Lipinski definition) is 2. The molecule has 1 aliphatic rings. The number of rotatable bonds is 2. The number of anilines is 1. The Hall–Kier alpha value is -3.24. The van der Waals surface area contributed by atoms with E-state index in [-0.39, 0.29) is 11.9 Å². The van der Waals surface area contributed by atoms with Gasteiger partial charge in [-0.25, -0.2) is 15.0 Å². The van der Waals surface area contributed by atoms with Crippen molar-refractivity contribution in [3.63, 3.8) is 0 Å². The van der Waals surface area contributed by atoms with Crippen LogP contribution in [0.3, 0.4) is 0 Å². The number of nitrogens with zero attached hydrogens (tertiary/aromatic N) is 4. The van der Waals surface area contributed by atoms with Crippen molar-refractivity contribution in [3.8, 4) is 28.8 Å². The molecular weight excluding hydrogens is 316 g/mol. The van der Waals surface area contributed by atoms with Crippen molar-refractivity contribution in [3.05, 3.63) is 47.6 Å². The summed E-state index contributed by atoms with van der Waals surface area (Å²) in [7, 11) is 0. The maximum absolute atomic E-state index is 9.58. The minimum absolute atomic E-state index is 0.0477. The van der Waals surface area contributed by atoms with Crippen molar-refractivity contribution in [2.24, 2.45) is 5.73 Å². The molecule has 0 bridgehead atoms. The summed E-state index contributed by atoms with van der Waals surface area (Å²) >= 11 is 0. The van der Waals surface area contributed by atoms with Crippen molar-refractivity contribution >= 4 is 5.82 Å². The second-order valence-corrected chi connectivity index (χ2v) is 6.06. The zero-order valence-electron chi connectivity index (χ0n) is 13.4. The molecule has 3 aromatic heterocycles. The average Bonchev–Trinajstić information content (AvgIpc) is 3.16. The SMILES string of the molecule is N#Cc1c(N)nc2c(c1-c1cnc(-c3ccco3)nc1)C[C@@H](N)CC2. The summed E-state index contributed by atoms with van der Waals surface area (Å²) in [5, 5.41) is 9.58. The number of furan rings is 1. The lowest BCUT2D eigenvalue weighted by Crippen LogP contribution is -2.29. The van der Waals surface area contributed by atoms with Gasteiger partial charge >= 0.3 is 0 Å². The maximum Gasteiger partial charge on any atom is 0.195 e. The summed E-state index contributed by atoms with van der Waals surface area (Å²) in [6, 6.07) is 5.79. The predicted octanol–water partition coefficient (Wildman–Crippen LogP) is 2.07. The topological polar surface area (TPSA) is 128 Å². The molecule has 0 radical (unpaired) electrons. The Balaban J connectivity index is 1.87. The molecule has 0 fully saturated rings. The van der Waals surface area contributed by atoms with Gasteiger partial charge in [0.05, 0.1) is 6.26 Å². The van der Waals surface area contributed by atoms with Crippen LogP contribution >= 0.6 is 0 Å². The lowest BCUT2D eigenvalue weighted by molar-refractivity contribution is 0.568. The first-order chi connectivity index (χ1) is 12.2. The van der Waals surface area contributed by atoms with E-state index in [4.69, 9.17) is 15.9 Å². The quantitative estimate of drug-likeness (QED) is 0.735. The first-order valence-electron chi connectivity index (χ1n) is 8.00. The van der Waals surface area contributed by atoms with Crippen molar-refractivity contribution in [2.75, 3.05) is 5.73 Å². The van der Waals surface area contributed by atoms with E-state index in [1.54, 1.807) is 30.8 Å². The first-order valence-corrected chi connectivity index (χ1v) is 8.00. The lowest BCUT2D eigenvalue weighted by atomic mass is 9.85. The molecule has 0 saturated carbocycles. The van der Waals surface area contributed by atoms with E-state index in [0.717, 1.165) is 35.2 Å². The zero-order chi connectivity index (χ0) is 17.4. The summed E-state index contributed by atoms with van der Waals surface area (Å²) in [5.41, 5.74) is 15.8. The van der Waals surface area contributed by atoms with Crippen LogP contribution in [0.15, 0.2) is 35.2 Å². The fourth-order valence-electron chi connectivity index (χ4n) is 3.23. The number of aryl methyl sites for hydroxylation is 1. The van der Waals surface area contributed by atoms with Crippen LogP contribution in [-0.4, -0.2) is 21.0 Å². The van der Waals surface area contributed by atoms with Crippen molar-refractivity contribution < 1.29 is 4.42 Å². The molecule has 7 nitrogen and oxygen atoms in total. The number of pyridine rings is 1. The largest absolute Gasteiger partial charge is 0.461 e. The molecule has 1 aliphatic carbocycles. The van der Waals surface area contributed by atoms with E-state index in [1.807, 2.05) is 0 Å². The van der Waals surface area contributed by atoms with E-state index in [2.05, 4.69) is 21.0 Å². The van der Waals surface area contributed by atoms with Crippen LogP contribution in [0, 0.1) is 11.3 Å². The van der Waals surface area contributed by atoms with Gasteiger partial charge in [0.25, 0.3) is 0 Å². The summed E-state index contributed by atoms with van der Waals surface area (Å²) in [4.78, 5) is 13.1. The van der Waals surface area contributed by atoms with Gasteiger partial charge in [0.15, 0.2) is 11.6 Å². The highest BCUT2D eigenvalue weighted by atomic mass is 16.3. The van der Waals surface area contributed by atoms with Crippen LogP contribution in [-0.2, 0) is 12.8 Å². The summed E-state index contributed by atoms with van der Waals surface area (Å²) < 4.78 is 5.31. The summed E-state index contributed by atoms with van der Waals surface area (Å²) in [5.74, 6) is 1.31. The summed E-state index contributed by atoms with van der Waals surface area (Å²) in [6.07, 6.45) is 7.21. The highest BCUT2D eigenvalue weighted by Crippen LogP contribution is 2.35. The Morgan fingerprint density at radius 2 is 2.08 bits per heavy atom. The third kappa shape index (κ3) is 2.62. The Morgan fingerprint density at radius 1 is 1.28 bits per heavy atom. The molecule has 4 rings (SSSR count). The maximum atomic E-state index is 9.58. The smallest absolute Gasteiger partial charge is 0.195 e. The van der Waals surface area contributed by atoms with Crippen LogP contribution in [0.5, 0.6) is 0 Å². The van der Waals surface area contributed by atoms with Crippen LogP contribution in [0.25, 0.3) is 22.7 Å². The monoisotopic (exact) mass is 332 g/mol. The number of nitrogens with two attached hydrogens (primary N) is 2. The highest BCUT2D eigenvalue weighted by molar-refractivity contribution is 5.79. The Bertz CT molecular complexity index is 957. The molecule has 0 aromatic carbocycles. The Labute approximate surface area is 144 Å². The fourth-order valence-corrected chi connectivity index (χ4v) is 3.23. The van der Waals surface area contributed by atoms with E-state index < -0.39 is 0 Å². The van der Waals surface area contributed by atoms with Crippen molar-refractivity contribution in [2.45, 2.75) is 25.3 Å². The second kappa shape index (κ2) is 6.00. The molecule has 7 heteroatoms. The minimum Gasteiger partial charge on any atom is -0.461 e. The number of hydrogen-bond acceptors (Lipinski definition) is 7. The van der Waals surface area contributed by atoms with E-state index in [1.165, 1.54) is 0 Å². The van der Waals surface area contributed by atoms with Crippen molar-refractivity contribution in [1.29, 1.82) is 5.26 Å². The Kier molecular flexibility index (Phi) is 3.67. The molecule has 3 heterocycles. The van der Waals surface area contributed by atoms with Gasteiger partial charge in [0.1, 0.15) is 17.5 Å². The molecule has 0 amide bonds. The van der Waals surface area contributed by atoms with E-state index in [9.17, 15) is 5.26 Å². The molecule has 0 saturated heterocycles. The number of nitrogen functional groups attached to an aromatic ring is 1. The number of aromatic nitrogens is 3. The standard InChI is InChI=1S/C18H16N6O/c19-7-13-16(12-6-11(20)3-4-14(12)24-17(13)21)10-8-22-18(23-9-10)15-2-1-5-25-15/h1-2,5,8-9,11H,3-4,6,20H2,(H2,21,24)/t11-/m0/s1. The van der Waals surface area contributed by atoms with Crippen LogP contribution < -0.4 is 11.5 Å². The number of nitriles is 1. The van der Waals surface area contributed by atoms with Gasteiger partial charge in [-0.2, -0.15) is 5.26 Å².